The summed E-state index contributed by atoms with van der Waals surface area (Å²) in [6.07, 6.45) is 11.9. The third kappa shape index (κ3) is 6.49. The quantitative estimate of drug-likeness (QED) is 0.414. The minimum absolute atomic E-state index is 0.0393. The zero-order chi connectivity index (χ0) is 25.4. The third-order valence-electron chi connectivity index (χ3n) is 9.98. The fourth-order valence-electron chi connectivity index (χ4n) is 6.85. The summed E-state index contributed by atoms with van der Waals surface area (Å²) in [5.74, 6) is 2.14. The van der Waals surface area contributed by atoms with Gasteiger partial charge in [0.2, 0.25) is 5.91 Å². The van der Waals surface area contributed by atoms with Gasteiger partial charge in [0.25, 0.3) is 0 Å². The molecule has 0 spiro atoms. The second-order valence-corrected chi connectivity index (χ2v) is 13.6. The number of hydrogen-bond acceptors (Lipinski definition) is 4. The van der Waals surface area contributed by atoms with E-state index in [4.69, 9.17) is 23.2 Å². The molecule has 0 unspecified atom stereocenters. The van der Waals surface area contributed by atoms with Crippen molar-refractivity contribution in [3.63, 3.8) is 0 Å². The predicted molar refractivity (Wildman–Crippen MR) is 151 cm³/mol. The van der Waals surface area contributed by atoms with E-state index in [1.165, 1.54) is 76.8 Å². The first kappa shape index (κ1) is 26.4. The summed E-state index contributed by atoms with van der Waals surface area (Å²) < 4.78 is 0. The SMILES string of the molecule is O=C1CC[C@](CCN2CC(N3CCC(NCC4CC4)CC3)C2)(c2ccc(Cl)c(Cl)c2)CN1CCC1CC1. The van der Waals surface area contributed by atoms with Crippen LogP contribution in [-0.2, 0) is 10.2 Å². The van der Waals surface area contributed by atoms with Crippen LogP contribution in [0, 0.1) is 11.8 Å². The normalized spacial score (nSPS) is 28.6. The molecule has 1 amide bonds. The molecule has 0 bridgehead atoms. The van der Waals surface area contributed by atoms with Crippen LogP contribution in [-0.4, -0.2) is 85.0 Å². The maximum atomic E-state index is 12.8. The van der Waals surface area contributed by atoms with Crippen molar-refractivity contribution in [1.29, 1.82) is 0 Å². The second-order valence-electron chi connectivity index (χ2n) is 12.8. The molecular weight excluding hydrogens is 503 g/mol. The molecule has 204 valence electrons. The lowest BCUT2D eigenvalue weighted by Gasteiger charge is -2.50. The van der Waals surface area contributed by atoms with E-state index in [9.17, 15) is 4.79 Å². The van der Waals surface area contributed by atoms with Crippen LogP contribution in [0.3, 0.4) is 0 Å². The van der Waals surface area contributed by atoms with Crippen LogP contribution in [0.1, 0.15) is 69.8 Å². The smallest absolute Gasteiger partial charge is 0.222 e. The zero-order valence-electron chi connectivity index (χ0n) is 22.3. The zero-order valence-corrected chi connectivity index (χ0v) is 23.8. The first-order valence-electron chi connectivity index (χ1n) is 14.9. The number of nitrogens with zero attached hydrogens (tertiary/aromatic N) is 3. The number of amides is 1. The molecule has 5 nitrogen and oxygen atoms in total. The number of carbonyl (C=O) groups excluding carboxylic acids is 1. The summed E-state index contributed by atoms with van der Waals surface area (Å²) in [4.78, 5) is 20.4. The standard InChI is InChI=1S/C30H44Cl2N4O/c31-27-6-5-24(17-28(27)32)30(11-7-29(37)36(21-30)13-8-22-1-2-22)12-16-34-19-26(20-34)35-14-9-25(10-15-35)33-18-23-3-4-23/h5-6,17,22-23,25-26,33H,1-4,7-16,18-21H2/t30-/m1/s1. The number of likely N-dealkylation sites (tertiary alicyclic amines) is 3. The van der Waals surface area contributed by atoms with E-state index >= 15 is 0 Å². The minimum atomic E-state index is -0.0393. The van der Waals surface area contributed by atoms with Gasteiger partial charge in [-0.25, -0.2) is 0 Å². The highest BCUT2D eigenvalue weighted by Crippen LogP contribution is 2.41. The summed E-state index contributed by atoms with van der Waals surface area (Å²) in [6, 6.07) is 7.61. The van der Waals surface area contributed by atoms with Gasteiger partial charge < -0.3 is 15.1 Å². The van der Waals surface area contributed by atoms with E-state index < -0.39 is 0 Å². The van der Waals surface area contributed by atoms with Crippen molar-refractivity contribution in [2.75, 3.05) is 52.4 Å². The number of halogens is 2. The molecule has 37 heavy (non-hydrogen) atoms. The van der Waals surface area contributed by atoms with Crippen molar-refractivity contribution in [1.82, 2.24) is 20.0 Å². The Kier molecular flexibility index (Phi) is 8.08. The van der Waals surface area contributed by atoms with Gasteiger partial charge in [-0.05, 0) is 87.6 Å². The fraction of sp³-hybridized carbons (Fsp3) is 0.767. The maximum Gasteiger partial charge on any atom is 0.222 e. The largest absolute Gasteiger partial charge is 0.342 e. The van der Waals surface area contributed by atoms with Crippen LogP contribution < -0.4 is 5.32 Å². The Morgan fingerprint density at radius 3 is 2.41 bits per heavy atom. The first-order valence-corrected chi connectivity index (χ1v) is 15.7. The number of piperidine rings is 2. The Hall–Kier alpha value is -0.850. The summed E-state index contributed by atoms with van der Waals surface area (Å²) in [7, 11) is 0. The molecule has 2 aliphatic carbocycles. The van der Waals surface area contributed by atoms with Crippen LogP contribution in [0.4, 0.5) is 0 Å². The van der Waals surface area contributed by atoms with Crippen molar-refractivity contribution >= 4 is 29.1 Å². The molecule has 5 aliphatic rings. The lowest BCUT2D eigenvalue weighted by atomic mass is 9.71. The molecule has 2 saturated carbocycles. The number of nitrogens with one attached hydrogen (secondary N) is 1. The van der Waals surface area contributed by atoms with E-state index in [1.807, 2.05) is 6.07 Å². The Labute approximate surface area is 233 Å². The van der Waals surface area contributed by atoms with E-state index in [1.54, 1.807) is 0 Å². The molecule has 3 saturated heterocycles. The molecule has 1 aromatic rings. The van der Waals surface area contributed by atoms with Crippen LogP contribution >= 0.6 is 23.2 Å². The van der Waals surface area contributed by atoms with Crippen molar-refractivity contribution in [2.45, 2.75) is 81.7 Å². The van der Waals surface area contributed by atoms with Gasteiger partial charge in [-0.2, -0.15) is 0 Å². The molecule has 0 radical (unpaired) electrons. The molecule has 3 heterocycles. The molecular formula is C30H44Cl2N4O. The molecule has 7 heteroatoms. The number of rotatable bonds is 11. The molecule has 5 fully saturated rings. The van der Waals surface area contributed by atoms with Gasteiger partial charge >= 0.3 is 0 Å². The van der Waals surface area contributed by atoms with Crippen LogP contribution in [0.25, 0.3) is 0 Å². The highest BCUT2D eigenvalue weighted by Gasteiger charge is 2.42. The summed E-state index contributed by atoms with van der Waals surface area (Å²) in [6.45, 7) is 8.90. The van der Waals surface area contributed by atoms with Gasteiger partial charge in [-0.1, -0.05) is 42.1 Å². The highest BCUT2D eigenvalue weighted by atomic mass is 35.5. The van der Waals surface area contributed by atoms with E-state index in [0.717, 1.165) is 56.8 Å². The van der Waals surface area contributed by atoms with Crippen molar-refractivity contribution in [2.24, 2.45) is 11.8 Å². The van der Waals surface area contributed by atoms with E-state index in [-0.39, 0.29) is 5.41 Å². The van der Waals surface area contributed by atoms with Gasteiger partial charge in [0, 0.05) is 63.2 Å². The Morgan fingerprint density at radius 1 is 0.946 bits per heavy atom. The van der Waals surface area contributed by atoms with E-state index in [0.29, 0.717) is 28.4 Å². The second kappa shape index (κ2) is 11.3. The predicted octanol–water partition coefficient (Wildman–Crippen LogP) is 5.19. The Morgan fingerprint density at radius 2 is 1.70 bits per heavy atom. The average Bonchev–Trinajstić information content (AvgIpc) is 3.80. The lowest BCUT2D eigenvalue weighted by Crippen LogP contribution is -2.62. The van der Waals surface area contributed by atoms with Gasteiger partial charge in [0.1, 0.15) is 0 Å². The van der Waals surface area contributed by atoms with Crippen LogP contribution in [0.5, 0.6) is 0 Å². The fourth-order valence-corrected chi connectivity index (χ4v) is 7.15. The number of carbonyl (C=O) groups is 1. The average molecular weight is 548 g/mol. The van der Waals surface area contributed by atoms with Crippen molar-refractivity contribution < 1.29 is 4.79 Å². The lowest BCUT2D eigenvalue weighted by molar-refractivity contribution is -0.136. The van der Waals surface area contributed by atoms with Crippen molar-refractivity contribution in [3.05, 3.63) is 33.8 Å². The molecule has 1 atom stereocenters. The molecule has 1 aromatic carbocycles. The topological polar surface area (TPSA) is 38.8 Å². The third-order valence-corrected chi connectivity index (χ3v) is 10.7. The maximum absolute atomic E-state index is 12.8. The Balaban J connectivity index is 1.03. The number of hydrogen-bond donors (Lipinski definition) is 1. The molecule has 3 aliphatic heterocycles. The van der Waals surface area contributed by atoms with Gasteiger partial charge in [0.15, 0.2) is 0 Å². The highest BCUT2D eigenvalue weighted by molar-refractivity contribution is 6.42. The van der Waals surface area contributed by atoms with Crippen molar-refractivity contribution in [3.8, 4) is 0 Å². The van der Waals surface area contributed by atoms with Gasteiger partial charge in [0.05, 0.1) is 10.0 Å². The molecule has 0 aromatic heterocycles. The van der Waals surface area contributed by atoms with Crippen LogP contribution in [0.2, 0.25) is 10.0 Å². The summed E-state index contributed by atoms with van der Waals surface area (Å²) >= 11 is 12.8. The van der Waals surface area contributed by atoms with Gasteiger partial charge in [-0.3, -0.25) is 9.69 Å². The molecule has 1 N–H and O–H groups in total. The summed E-state index contributed by atoms with van der Waals surface area (Å²) in [5, 5.41) is 5.04. The minimum Gasteiger partial charge on any atom is -0.342 e. The summed E-state index contributed by atoms with van der Waals surface area (Å²) in [5.41, 5.74) is 1.21. The monoisotopic (exact) mass is 546 g/mol. The first-order chi connectivity index (χ1) is 18.0. The van der Waals surface area contributed by atoms with Crippen LogP contribution in [0.15, 0.2) is 18.2 Å². The molecule has 6 rings (SSSR count). The van der Waals surface area contributed by atoms with Gasteiger partial charge in [-0.15, -0.1) is 0 Å². The van der Waals surface area contributed by atoms with E-state index in [2.05, 4.69) is 32.1 Å². The number of benzene rings is 1. The Bertz CT molecular complexity index is 953.